The molecule has 0 fully saturated rings. The smallest absolute Gasteiger partial charge is 0.254 e. The van der Waals surface area contributed by atoms with Crippen LogP contribution in [0, 0.1) is 12.7 Å². The Morgan fingerprint density at radius 2 is 2.10 bits per heavy atom. The van der Waals surface area contributed by atoms with Gasteiger partial charge in [-0.1, -0.05) is 6.07 Å². The van der Waals surface area contributed by atoms with Crippen molar-refractivity contribution in [1.29, 1.82) is 0 Å². The molecule has 2 aromatic rings. The van der Waals surface area contributed by atoms with Gasteiger partial charge < -0.3 is 4.90 Å². The van der Waals surface area contributed by atoms with Crippen molar-refractivity contribution in [3.63, 3.8) is 0 Å². The van der Waals surface area contributed by atoms with E-state index in [4.69, 9.17) is 0 Å². The van der Waals surface area contributed by atoms with Crippen LogP contribution in [0.2, 0.25) is 0 Å². The van der Waals surface area contributed by atoms with Crippen molar-refractivity contribution in [2.75, 3.05) is 7.05 Å². The van der Waals surface area contributed by atoms with Gasteiger partial charge in [0.1, 0.15) is 5.82 Å². The number of benzene rings is 1. The van der Waals surface area contributed by atoms with E-state index in [1.807, 2.05) is 19.1 Å². The average molecular weight is 272 g/mol. The van der Waals surface area contributed by atoms with Crippen molar-refractivity contribution in [3.8, 4) is 0 Å². The van der Waals surface area contributed by atoms with Crippen LogP contribution in [0.3, 0.4) is 0 Å². The van der Waals surface area contributed by atoms with Gasteiger partial charge in [0.05, 0.1) is 6.04 Å². The van der Waals surface area contributed by atoms with Crippen molar-refractivity contribution < 1.29 is 9.18 Å². The van der Waals surface area contributed by atoms with E-state index in [9.17, 15) is 9.18 Å². The van der Waals surface area contributed by atoms with E-state index in [1.54, 1.807) is 37.3 Å². The molecule has 1 unspecified atom stereocenters. The summed E-state index contributed by atoms with van der Waals surface area (Å²) in [5, 5.41) is 0. The van der Waals surface area contributed by atoms with Gasteiger partial charge in [-0.05, 0) is 49.2 Å². The molecule has 1 amide bonds. The third kappa shape index (κ3) is 2.85. The van der Waals surface area contributed by atoms with E-state index in [0.29, 0.717) is 11.1 Å². The Bertz CT molecular complexity index is 613. The van der Waals surface area contributed by atoms with E-state index in [-0.39, 0.29) is 17.8 Å². The lowest BCUT2D eigenvalue weighted by Gasteiger charge is -2.25. The van der Waals surface area contributed by atoms with Crippen LogP contribution in [0.25, 0.3) is 0 Å². The zero-order chi connectivity index (χ0) is 14.7. The largest absolute Gasteiger partial charge is 0.335 e. The first kappa shape index (κ1) is 14.2. The molecule has 0 saturated heterocycles. The Morgan fingerprint density at radius 1 is 1.35 bits per heavy atom. The van der Waals surface area contributed by atoms with Gasteiger partial charge in [0, 0.05) is 25.0 Å². The first-order chi connectivity index (χ1) is 9.50. The zero-order valence-corrected chi connectivity index (χ0v) is 11.8. The highest BCUT2D eigenvalue weighted by atomic mass is 19.1. The maximum absolute atomic E-state index is 13.3. The summed E-state index contributed by atoms with van der Waals surface area (Å²) in [6.07, 6.45) is 3.44. The lowest BCUT2D eigenvalue weighted by atomic mass is 10.1. The molecule has 0 aliphatic rings. The maximum Gasteiger partial charge on any atom is 0.254 e. The Labute approximate surface area is 118 Å². The van der Waals surface area contributed by atoms with Crippen LogP contribution >= 0.6 is 0 Å². The second-order valence-corrected chi connectivity index (χ2v) is 4.84. The standard InChI is InChI=1S/C16H17FN2O/c1-11-9-13(6-7-15(11)17)16(20)19(3)12(2)14-5-4-8-18-10-14/h4-10,12H,1-3H3. The SMILES string of the molecule is Cc1cc(C(=O)N(C)C(C)c2cccnc2)ccc1F. The first-order valence-electron chi connectivity index (χ1n) is 6.44. The maximum atomic E-state index is 13.3. The van der Waals surface area contributed by atoms with Gasteiger partial charge in [-0.3, -0.25) is 9.78 Å². The van der Waals surface area contributed by atoms with Crippen LogP contribution in [0.15, 0.2) is 42.7 Å². The van der Waals surface area contributed by atoms with Crippen LogP contribution in [-0.2, 0) is 0 Å². The van der Waals surface area contributed by atoms with Crippen LogP contribution in [0.1, 0.15) is 34.5 Å². The molecule has 0 saturated carbocycles. The molecule has 0 N–H and O–H groups in total. The van der Waals surface area contributed by atoms with E-state index < -0.39 is 0 Å². The fourth-order valence-electron chi connectivity index (χ4n) is 2.00. The van der Waals surface area contributed by atoms with E-state index in [2.05, 4.69) is 4.98 Å². The van der Waals surface area contributed by atoms with Gasteiger partial charge in [-0.15, -0.1) is 0 Å². The van der Waals surface area contributed by atoms with Gasteiger partial charge in [0.15, 0.2) is 0 Å². The average Bonchev–Trinajstić information content (AvgIpc) is 2.48. The molecule has 104 valence electrons. The van der Waals surface area contributed by atoms with E-state index >= 15 is 0 Å². The molecule has 1 aromatic carbocycles. The second-order valence-electron chi connectivity index (χ2n) is 4.84. The molecule has 2 rings (SSSR count). The van der Waals surface area contributed by atoms with E-state index in [1.165, 1.54) is 12.1 Å². The van der Waals surface area contributed by atoms with Crippen LogP contribution in [0.4, 0.5) is 4.39 Å². The summed E-state index contributed by atoms with van der Waals surface area (Å²) in [6, 6.07) is 8.08. The molecule has 1 atom stereocenters. The highest BCUT2D eigenvalue weighted by Gasteiger charge is 2.19. The molecule has 0 aliphatic heterocycles. The quantitative estimate of drug-likeness (QED) is 0.858. The number of carbonyl (C=O) groups is 1. The number of pyridine rings is 1. The van der Waals surface area contributed by atoms with Crippen molar-refractivity contribution in [2.45, 2.75) is 19.9 Å². The Morgan fingerprint density at radius 3 is 2.70 bits per heavy atom. The Hall–Kier alpha value is -2.23. The molecule has 0 radical (unpaired) electrons. The molecule has 0 spiro atoms. The minimum absolute atomic E-state index is 0.0958. The Balaban J connectivity index is 2.22. The lowest BCUT2D eigenvalue weighted by molar-refractivity contribution is 0.0742. The summed E-state index contributed by atoms with van der Waals surface area (Å²) in [5.41, 5.74) is 1.92. The van der Waals surface area contributed by atoms with Crippen LogP contribution in [-0.4, -0.2) is 22.8 Å². The molecular formula is C16H17FN2O. The summed E-state index contributed by atoms with van der Waals surface area (Å²) in [4.78, 5) is 18.1. The minimum Gasteiger partial charge on any atom is -0.335 e. The molecule has 0 aliphatic carbocycles. The third-order valence-electron chi connectivity index (χ3n) is 3.47. The van der Waals surface area contributed by atoms with Crippen molar-refractivity contribution >= 4 is 5.91 Å². The van der Waals surface area contributed by atoms with Crippen molar-refractivity contribution in [1.82, 2.24) is 9.88 Å². The van der Waals surface area contributed by atoms with Crippen molar-refractivity contribution in [3.05, 3.63) is 65.2 Å². The monoisotopic (exact) mass is 272 g/mol. The number of carbonyl (C=O) groups excluding carboxylic acids is 1. The number of nitrogens with zero attached hydrogens (tertiary/aromatic N) is 2. The number of aryl methyl sites for hydroxylation is 1. The second kappa shape index (κ2) is 5.82. The summed E-state index contributed by atoms with van der Waals surface area (Å²) in [5.74, 6) is -0.436. The predicted octanol–water partition coefficient (Wildman–Crippen LogP) is 3.36. The minimum atomic E-state index is -0.301. The fraction of sp³-hybridized carbons (Fsp3) is 0.250. The molecule has 3 nitrogen and oxygen atoms in total. The normalized spacial score (nSPS) is 12.0. The van der Waals surface area contributed by atoms with Crippen LogP contribution < -0.4 is 0 Å². The fourth-order valence-corrected chi connectivity index (χ4v) is 2.00. The van der Waals surface area contributed by atoms with Crippen LogP contribution in [0.5, 0.6) is 0 Å². The molecular weight excluding hydrogens is 255 g/mol. The number of hydrogen-bond acceptors (Lipinski definition) is 2. The molecule has 0 bridgehead atoms. The third-order valence-corrected chi connectivity index (χ3v) is 3.47. The number of aromatic nitrogens is 1. The summed E-state index contributed by atoms with van der Waals surface area (Å²) in [7, 11) is 1.73. The summed E-state index contributed by atoms with van der Waals surface area (Å²) >= 11 is 0. The highest BCUT2D eigenvalue weighted by Crippen LogP contribution is 2.20. The molecule has 1 heterocycles. The predicted molar refractivity (Wildman–Crippen MR) is 75.9 cm³/mol. The van der Waals surface area contributed by atoms with Gasteiger partial charge in [-0.2, -0.15) is 0 Å². The molecule has 20 heavy (non-hydrogen) atoms. The Kier molecular flexibility index (Phi) is 4.13. The van der Waals surface area contributed by atoms with E-state index in [0.717, 1.165) is 5.56 Å². The lowest BCUT2D eigenvalue weighted by Crippen LogP contribution is -2.29. The molecule has 1 aromatic heterocycles. The molecule has 4 heteroatoms. The number of halogens is 1. The number of hydrogen-bond donors (Lipinski definition) is 0. The van der Waals surface area contributed by atoms with Gasteiger partial charge in [0.2, 0.25) is 0 Å². The summed E-state index contributed by atoms with van der Waals surface area (Å²) < 4.78 is 13.3. The van der Waals surface area contributed by atoms with Gasteiger partial charge in [-0.25, -0.2) is 4.39 Å². The number of amides is 1. The highest BCUT2D eigenvalue weighted by molar-refractivity contribution is 5.94. The summed E-state index contributed by atoms with van der Waals surface area (Å²) in [6.45, 7) is 3.59. The number of rotatable bonds is 3. The zero-order valence-electron chi connectivity index (χ0n) is 11.8. The topological polar surface area (TPSA) is 33.2 Å². The first-order valence-corrected chi connectivity index (χ1v) is 6.44. The van der Waals surface area contributed by atoms with Gasteiger partial charge >= 0.3 is 0 Å². The van der Waals surface area contributed by atoms with Gasteiger partial charge in [0.25, 0.3) is 5.91 Å². The van der Waals surface area contributed by atoms with Crippen molar-refractivity contribution in [2.24, 2.45) is 0 Å².